The van der Waals surface area contributed by atoms with Crippen molar-refractivity contribution in [3.8, 4) is 0 Å². The lowest BCUT2D eigenvalue weighted by Gasteiger charge is -2.29. The van der Waals surface area contributed by atoms with Gasteiger partial charge in [0.2, 0.25) is 0 Å². The molecule has 0 aliphatic carbocycles. The van der Waals surface area contributed by atoms with Gasteiger partial charge in [-0.3, -0.25) is 0 Å². The molecule has 0 aliphatic heterocycles. The van der Waals surface area contributed by atoms with E-state index in [1.165, 1.54) is 115 Å². The summed E-state index contributed by atoms with van der Waals surface area (Å²) in [5.41, 5.74) is 1.49. The largest absolute Gasteiger partial charge is 0.334 e. The molecule has 0 saturated heterocycles. The quantitative estimate of drug-likeness (QED) is 0.188. The number of imidazole rings is 1. The van der Waals surface area contributed by atoms with E-state index < -0.39 is 0 Å². The second kappa shape index (κ2) is 17.9. The first-order valence-corrected chi connectivity index (χ1v) is 13.9. The number of hydrogen-bond donors (Lipinski definition) is 0. The van der Waals surface area contributed by atoms with Crippen molar-refractivity contribution < 1.29 is 0 Å². The van der Waals surface area contributed by atoms with E-state index in [0.717, 1.165) is 0 Å². The molecule has 1 aromatic carbocycles. The summed E-state index contributed by atoms with van der Waals surface area (Å²) >= 11 is 0. The summed E-state index contributed by atoms with van der Waals surface area (Å²) in [4.78, 5) is 4.41. The van der Waals surface area contributed by atoms with Gasteiger partial charge in [0.05, 0.1) is 6.33 Å². The van der Waals surface area contributed by atoms with E-state index in [9.17, 15) is 0 Å². The van der Waals surface area contributed by atoms with Gasteiger partial charge in [-0.05, 0) is 30.7 Å². The summed E-state index contributed by atoms with van der Waals surface area (Å²) in [6.07, 6.45) is 29.5. The molecule has 180 valence electrons. The fourth-order valence-electron chi connectivity index (χ4n) is 5.12. The van der Waals surface area contributed by atoms with Crippen LogP contribution < -0.4 is 0 Å². The van der Waals surface area contributed by atoms with Crippen LogP contribution in [-0.4, -0.2) is 9.55 Å². The minimum absolute atomic E-state index is 0.577. The molecular weight excluding hydrogens is 388 g/mol. The molecule has 2 atom stereocenters. The van der Waals surface area contributed by atoms with E-state index >= 15 is 0 Å². The number of aromatic nitrogens is 2. The lowest BCUT2D eigenvalue weighted by Crippen LogP contribution is -2.21. The second-order valence-electron chi connectivity index (χ2n) is 9.85. The van der Waals surface area contributed by atoms with Crippen LogP contribution in [-0.2, 0) is 6.42 Å². The molecule has 2 nitrogen and oxygen atoms in total. The Labute approximate surface area is 199 Å². The average molecular weight is 439 g/mol. The van der Waals surface area contributed by atoms with Crippen molar-refractivity contribution in [3.05, 3.63) is 54.6 Å². The van der Waals surface area contributed by atoms with E-state index in [0.29, 0.717) is 12.0 Å². The SMILES string of the molecule is CCCCCCCCCCC(Cc1ccccc1)C(CCCCCCCC)n1ccnc1. The monoisotopic (exact) mass is 438 g/mol. The van der Waals surface area contributed by atoms with Gasteiger partial charge in [0.15, 0.2) is 0 Å². The first kappa shape index (κ1) is 26.7. The van der Waals surface area contributed by atoms with Gasteiger partial charge in [0.25, 0.3) is 0 Å². The van der Waals surface area contributed by atoms with Crippen molar-refractivity contribution in [3.63, 3.8) is 0 Å². The maximum absolute atomic E-state index is 4.41. The van der Waals surface area contributed by atoms with Crippen LogP contribution in [0.2, 0.25) is 0 Å². The highest BCUT2D eigenvalue weighted by molar-refractivity contribution is 5.15. The van der Waals surface area contributed by atoms with Gasteiger partial charge in [-0.1, -0.05) is 134 Å². The van der Waals surface area contributed by atoms with E-state index in [1.807, 2.05) is 6.20 Å². The van der Waals surface area contributed by atoms with Crippen molar-refractivity contribution in [2.75, 3.05) is 0 Å². The van der Waals surface area contributed by atoms with E-state index in [-0.39, 0.29) is 0 Å². The van der Waals surface area contributed by atoms with Crippen molar-refractivity contribution in [2.45, 2.75) is 129 Å². The Bertz CT molecular complexity index is 634. The minimum Gasteiger partial charge on any atom is -0.334 e. The number of benzene rings is 1. The number of unbranched alkanes of at least 4 members (excludes halogenated alkanes) is 12. The predicted molar refractivity (Wildman–Crippen MR) is 140 cm³/mol. The summed E-state index contributed by atoms with van der Waals surface area (Å²) in [5.74, 6) is 0.697. The molecule has 2 unspecified atom stereocenters. The normalized spacial score (nSPS) is 13.3. The summed E-state index contributed by atoms with van der Waals surface area (Å²) in [7, 11) is 0. The Morgan fingerprint density at radius 2 is 1.25 bits per heavy atom. The fourth-order valence-corrected chi connectivity index (χ4v) is 5.12. The molecule has 0 spiro atoms. The summed E-state index contributed by atoms with van der Waals surface area (Å²) in [6.45, 7) is 4.60. The van der Waals surface area contributed by atoms with Crippen molar-refractivity contribution in [2.24, 2.45) is 5.92 Å². The van der Waals surface area contributed by atoms with E-state index in [4.69, 9.17) is 0 Å². The molecule has 1 aromatic heterocycles. The Balaban J connectivity index is 1.91. The van der Waals surface area contributed by atoms with Crippen LogP contribution in [0.4, 0.5) is 0 Å². The highest BCUT2D eigenvalue weighted by atomic mass is 15.1. The lowest BCUT2D eigenvalue weighted by atomic mass is 9.84. The van der Waals surface area contributed by atoms with Crippen LogP contribution in [0.1, 0.15) is 128 Å². The Morgan fingerprint density at radius 1 is 0.688 bits per heavy atom. The van der Waals surface area contributed by atoms with Crippen LogP contribution in [0.15, 0.2) is 49.1 Å². The van der Waals surface area contributed by atoms with Gasteiger partial charge >= 0.3 is 0 Å². The van der Waals surface area contributed by atoms with Gasteiger partial charge in [-0.15, -0.1) is 0 Å². The Morgan fingerprint density at radius 3 is 1.81 bits per heavy atom. The standard InChI is InChI=1S/C30H50N2/c1-3-5-7-9-11-12-13-18-22-29(26-28-20-16-15-17-21-28)30(32-25-24-31-27-32)23-19-14-10-8-6-4-2/h15-17,20-21,24-25,27,29-30H,3-14,18-19,22-23,26H2,1-2H3. The zero-order valence-corrected chi connectivity index (χ0v) is 21.2. The third-order valence-electron chi connectivity index (χ3n) is 7.07. The minimum atomic E-state index is 0.577. The maximum Gasteiger partial charge on any atom is 0.0948 e. The van der Waals surface area contributed by atoms with Crippen molar-refractivity contribution >= 4 is 0 Å². The first-order chi connectivity index (χ1) is 15.8. The molecule has 0 fully saturated rings. The van der Waals surface area contributed by atoms with Gasteiger partial charge < -0.3 is 4.57 Å². The molecular formula is C30H50N2. The Kier molecular flexibility index (Phi) is 14.9. The molecule has 0 bridgehead atoms. The third-order valence-corrected chi connectivity index (χ3v) is 7.07. The van der Waals surface area contributed by atoms with Gasteiger partial charge in [0.1, 0.15) is 0 Å². The van der Waals surface area contributed by atoms with Crippen LogP contribution in [0.5, 0.6) is 0 Å². The van der Waals surface area contributed by atoms with Crippen LogP contribution in [0.3, 0.4) is 0 Å². The van der Waals surface area contributed by atoms with Gasteiger partial charge in [-0.2, -0.15) is 0 Å². The second-order valence-corrected chi connectivity index (χ2v) is 9.85. The van der Waals surface area contributed by atoms with Gasteiger partial charge in [0, 0.05) is 18.4 Å². The molecule has 0 amide bonds. The highest BCUT2D eigenvalue weighted by Gasteiger charge is 2.23. The summed E-state index contributed by atoms with van der Waals surface area (Å²) in [6, 6.07) is 11.7. The first-order valence-electron chi connectivity index (χ1n) is 13.9. The molecule has 0 N–H and O–H groups in total. The molecule has 0 radical (unpaired) electrons. The number of nitrogens with zero attached hydrogens (tertiary/aromatic N) is 2. The molecule has 2 heteroatoms. The average Bonchev–Trinajstić information content (AvgIpc) is 3.35. The molecule has 2 rings (SSSR count). The molecule has 32 heavy (non-hydrogen) atoms. The number of rotatable bonds is 20. The lowest BCUT2D eigenvalue weighted by molar-refractivity contribution is 0.275. The summed E-state index contributed by atoms with van der Waals surface area (Å²) < 4.78 is 2.42. The smallest absolute Gasteiger partial charge is 0.0948 e. The highest BCUT2D eigenvalue weighted by Crippen LogP contribution is 2.32. The molecule has 0 aliphatic rings. The molecule has 1 heterocycles. The van der Waals surface area contributed by atoms with Crippen LogP contribution >= 0.6 is 0 Å². The van der Waals surface area contributed by atoms with Crippen LogP contribution in [0, 0.1) is 5.92 Å². The maximum atomic E-state index is 4.41. The zero-order chi connectivity index (χ0) is 22.7. The van der Waals surface area contributed by atoms with E-state index in [1.54, 1.807) is 0 Å². The van der Waals surface area contributed by atoms with Crippen molar-refractivity contribution in [1.29, 1.82) is 0 Å². The molecule has 2 aromatic rings. The molecule has 0 saturated carbocycles. The van der Waals surface area contributed by atoms with Crippen molar-refractivity contribution in [1.82, 2.24) is 9.55 Å². The van der Waals surface area contributed by atoms with Gasteiger partial charge in [-0.25, -0.2) is 4.98 Å². The zero-order valence-electron chi connectivity index (χ0n) is 21.2. The topological polar surface area (TPSA) is 17.8 Å². The fraction of sp³-hybridized carbons (Fsp3) is 0.700. The Hall–Kier alpha value is -1.57. The van der Waals surface area contributed by atoms with E-state index in [2.05, 4.69) is 66.3 Å². The summed E-state index contributed by atoms with van der Waals surface area (Å²) in [5, 5.41) is 0. The third kappa shape index (κ3) is 11.3. The van der Waals surface area contributed by atoms with Crippen LogP contribution in [0.25, 0.3) is 0 Å². The number of hydrogen-bond acceptors (Lipinski definition) is 1. The predicted octanol–water partition coefficient (Wildman–Crippen LogP) is 9.56.